The summed E-state index contributed by atoms with van der Waals surface area (Å²) in [6.07, 6.45) is 1.59. The number of pyridine rings is 1. The molecule has 0 amide bonds. The Hall–Kier alpha value is -1.30. The molecule has 1 aromatic rings. The van der Waals surface area contributed by atoms with E-state index >= 15 is 0 Å². The molecule has 10 heteroatoms. The Kier molecular flexibility index (Phi) is 8.59. The number of nitrogens with one attached hydrogen (secondary N) is 2. The molecule has 0 radical (unpaired) electrons. The standard InChI is InChI=1S/C18H26F3N5O.HI/c1-22-17(25-13-6-10-26(11-7-13)14-4-5-14)24-9-12-27-16-15(18(19,20)21)3-2-8-23-16;/h2-3,8,13-14H,4-7,9-12H2,1H3,(H2,22,24,25);1H. The summed E-state index contributed by atoms with van der Waals surface area (Å²) in [6.45, 7) is 2.58. The van der Waals surface area contributed by atoms with Crippen molar-refractivity contribution in [3.05, 3.63) is 23.9 Å². The molecule has 3 rings (SSSR count). The van der Waals surface area contributed by atoms with Crippen LogP contribution >= 0.6 is 24.0 Å². The molecule has 2 heterocycles. The summed E-state index contributed by atoms with van der Waals surface area (Å²) in [5, 5.41) is 6.46. The lowest BCUT2D eigenvalue weighted by molar-refractivity contribution is -0.139. The summed E-state index contributed by atoms with van der Waals surface area (Å²) in [6, 6.07) is 3.37. The molecule has 2 fully saturated rings. The largest absolute Gasteiger partial charge is 0.475 e. The molecule has 0 atom stereocenters. The van der Waals surface area contributed by atoms with Crippen LogP contribution in [-0.4, -0.2) is 61.2 Å². The summed E-state index contributed by atoms with van der Waals surface area (Å²) in [4.78, 5) is 10.4. The normalized spacial score (nSPS) is 19.1. The van der Waals surface area contributed by atoms with Gasteiger partial charge in [-0.2, -0.15) is 13.2 Å². The van der Waals surface area contributed by atoms with Crippen LogP contribution in [0.1, 0.15) is 31.2 Å². The highest BCUT2D eigenvalue weighted by Crippen LogP contribution is 2.34. The molecule has 28 heavy (non-hydrogen) atoms. The number of halogens is 4. The second-order valence-electron chi connectivity index (χ2n) is 6.89. The molecule has 0 spiro atoms. The first-order valence-electron chi connectivity index (χ1n) is 9.33. The summed E-state index contributed by atoms with van der Waals surface area (Å²) >= 11 is 0. The number of piperidine rings is 1. The van der Waals surface area contributed by atoms with Gasteiger partial charge in [-0.25, -0.2) is 4.98 Å². The molecule has 2 N–H and O–H groups in total. The van der Waals surface area contributed by atoms with Gasteiger partial charge >= 0.3 is 6.18 Å². The maximum atomic E-state index is 12.9. The first-order chi connectivity index (χ1) is 13.0. The van der Waals surface area contributed by atoms with E-state index in [0.717, 1.165) is 38.0 Å². The van der Waals surface area contributed by atoms with Crippen LogP contribution in [0, 0.1) is 0 Å². The Labute approximate surface area is 180 Å². The molecule has 0 aromatic carbocycles. The number of hydrogen-bond donors (Lipinski definition) is 2. The van der Waals surface area contributed by atoms with Crippen LogP contribution in [0.5, 0.6) is 5.88 Å². The van der Waals surface area contributed by atoms with Gasteiger partial charge in [0.15, 0.2) is 5.96 Å². The maximum Gasteiger partial charge on any atom is 0.421 e. The maximum absolute atomic E-state index is 12.9. The number of alkyl halides is 3. The van der Waals surface area contributed by atoms with E-state index in [2.05, 4.69) is 25.5 Å². The fourth-order valence-corrected chi connectivity index (χ4v) is 3.28. The number of nitrogens with zero attached hydrogens (tertiary/aromatic N) is 3. The highest BCUT2D eigenvalue weighted by atomic mass is 127. The number of hydrogen-bond acceptors (Lipinski definition) is 4. The molecule has 2 aliphatic rings. The van der Waals surface area contributed by atoms with Gasteiger partial charge in [-0.05, 0) is 37.8 Å². The van der Waals surface area contributed by atoms with Crippen LogP contribution in [0.2, 0.25) is 0 Å². The lowest BCUT2D eigenvalue weighted by Crippen LogP contribution is -2.49. The van der Waals surface area contributed by atoms with E-state index in [1.807, 2.05) is 0 Å². The quantitative estimate of drug-likeness (QED) is 0.265. The Bertz CT molecular complexity index is 646. The predicted octanol–water partition coefficient (Wildman–Crippen LogP) is 2.89. The van der Waals surface area contributed by atoms with Gasteiger partial charge in [0, 0.05) is 38.4 Å². The van der Waals surface area contributed by atoms with Crippen molar-refractivity contribution < 1.29 is 17.9 Å². The SMILES string of the molecule is CN=C(NCCOc1ncccc1C(F)(F)F)NC1CCN(C2CC2)CC1.I. The van der Waals surface area contributed by atoms with Crippen molar-refractivity contribution in [2.75, 3.05) is 33.3 Å². The molecule has 1 aliphatic heterocycles. The molecule has 0 bridgehead atoms. The molecular formula is C18H27F3IN5O. The average Bonchev–Trinajstić information content (AvgIpc) is 3.49. The van der Waals surface area contributed by atoms with E-state index < -0.39 is 17.6 Å². The molecule has 0 unspecified atom stereocenters. The van der Waals surface area contributed by atoms with Crippen molar-refractivity contribution in [2.24, 2.45) is 4.99 Å². The monoisotopic (exact) mass is 513 g/mol. The number of aliphatic imine (C=N–C) groups is 1. The minimum Gasteiger partial charge on any atom is -0.475 e. The Balaban J connectivity index is 0.00000280. The third-order valence-corrected chi connectivity index (χ3v) is 4.87. The molecular weight excluding hydrogens is 486 g/mol. The molecule has 1 aliphatic carbocycles. The fraction of sp³-hybridized carbons (Fsp3) is 0.667. The molecule has 158 valence electrons. The molecule has 6 nitrogen and oxygen atoms in total. The molecule has 1 saturated heterocycles. The minimum atomic E-state index is -4.48. The van der Waals surface area contributed by atoms with Gasteiger partial charge in [-0.3, -0.25) is 4.99 Å². The number of ether oxygens (including phenoxy) is 1. The topological polar surface area (TPSA) is 61.8 Å². The zero-order valence-electron chi connectivity index (χ0n) is 15.8. The molecule has 1 saturated carbocycles. The van der Waals surface area contributed by atoms with E-state index in [9.17, 15) is 13.2 Å². The van der Waals surface area contributed by atoms with Crippen LogP contribution in [0.25, 0.3) is 0 Å². The highest BCUT2D eigenvalue weighted by Gasteiger charge is 2.35. The second-order valence-corrected chi connectivity index (χ2v) is 6.89. The van der Waals surface area contributed by atoms with E-state index in [-0.39, 0.29) is 30.6 Å². The van der Waals surface area contributed by atoms with Gasteiger partial charge in [0.25, 0.3) is 0 Å². The van der Waals surface area contributed by atoms with Crippen molar-refractivity contribution in [2.45, 2.75) is 43.9 Å². The summed E-state index contributed by atoms with van der Waals surface area (Å²) in [7, 11) is 1.68. The van der Waals surface area contributed by atoms with E-state index in [1.54, 1.807) is 7.05 Å². The van der Waals surface area contributed by atoms with Crippen LogP contribution in [-0.2, 0) is 6.18 Å². The van der Waals surface area contributed by atoms with Crippen molar-refractivity contribution >= 4 is 29.9 Å². The second kappa shape index (κ2) is 10.5. The summed E-state index contributed by atoms with van der Waals surface area (Å²) in [5.41, 5.74) is -0.866. The first-order valence-corrected chi connectivity index (χ1v) is 9.33. The van der Waals surface area contributed by atoms with Gasteiger partial charge in [0.1, 0.15) is 12.2 Å². The van der Waals surface area contributed by atoms with E-state index in [1.165, 1.54) is 25.1 Å². The minimum absolute atomic E-state index is 0. The van der Waals surface area contributed by atoms with E-state index in [0.29, 0.717) is 18.5 Å². The van der Waals surface area contributed by atoms with Gasteiger partial charge in [-0.15, -0.1) is 24.0 Å². The number of aromatic nitrogens is 1. The van der Waals surface area contributed by atoms with Crippen molar-refractivity contribution in [3.8, 4) is 5.88 Å². The first kappa shape index (κ1) is 23.0. The van der Waals surface area contributed by atoms with Crippen molar-refractivity contribution in [1.29, 1.82) is 0 Å². The van der Waals surface area contributed by atoms with Gasteiger partial charge in [-0.1, -0.05) is 0 Å². The number of likely N-dealkylation sites (tertiary alicyclic amines) is 1. The molecule has 1 aromatic heterocycles. The average molecular weight is 513 g/mol. The van der Waals surface area contributed by atoms with Crippen LogP contribution in [0.4, 0.5) is 13.2 Å². The van der Waals surface area contributed by atoms with E-state index in [4.69, 9.17) is 4.74 Å². The Morgan fingerprint density at radius 1 is 1.29 bits per heavy atom. The third kappa shape index (κ3) is 6.64. The van der Waals surface area contributed by atoms with Crippen LogP contribution < -0.4 is 15.4 Å². The van der Waals surface area contributed by atoms with Gasteiger partial charge < -0.3 is 20.3 Å². The van der Waals surface area contributed by atoms with Crippen LogP contribution in [0.15, 0.2) is 23.3 Å². The van der Waals surface area contributed by atoms with Crippen molar-refractivity contribution in [3.63, 3.8) is 0 Å². The fourth-order valence-electron chi connectivity index (χ4n) is 3.28. The van der Waals surface area contributed by atoms with Crippen LogP contribution in [0.3, 0.4) is 0 Å². The van der Waals surface area contributed by atoms with Gasteiger partial charge in [0.2, 0.25) is 5.88 Å². The van der Waals surface area contributed by atoms with Gasteiger partial charge in [0.05, 0.1) is 6.54 Å². The Morgan fingerprint density at radius 3 is 2.61 bits per heavy atom. The number of rotatable bonds is 6. The summed E-state index contributed by atoms with van der Waals surface area (Å²) in [5.74, 6) is 0.239. The highest BCUT2D eigenvalue weighted by molar-refractivity contribution is 14.0. The zero-order valence-corrected chi connectivity index (χ0v) is 18.2. The lowest BCUT2D eigenvalue weighted by Gasteiger charge is -2.33. The Morgan fingerprint density at radius 2 is 2.00 bits per heavy atom. The zero-order chi connectivity index (χ0) is 19.3. The van der Waals surface area contributed by atoms with Crippen molar-refractivity contribution in [1.82, 2.24) is 20.5 Å². The predicted molar refractivity (Wildman–Crippen MR) is 112 cm³/mol. The third-order valence-electron chi connectivity index (χ3n) is 4.87. The lowest BCUT2D eigenvalue weighted by atomic mass is 10.1. The summed E-state index contributed by atoms with van der Waals surface area (Å²) < 4.78 is 44.0. The smallest absolute Gasteiger partial charge is 0.421 e. The number of guanidine groups is 1.